The maximum atomic E-state index is 12.8. The molecule has 1 aliphatic heterocycles. The van der Waals surface area contributed by atoms with Crippen LogP contribution in [0.4, 0.5) is 5.69 Å². The van der Waals surface area contributed by atoms with Crippen molar-refractivity contribution < 1.29 is 33.3 Å². The highest BCUT2D eigenvalue weighted by atomic mass is 79.9. The lowest BCUT2D eigenvalue weighted by Crippen LogP contribution is -2.25. The fourth-order valence-electron chi connectivity index (χ4n) is 3.81. The van der Waals surface area contributed by atoms with Gasteiger partial charge in [0.15, 0.2) is 18.1 Å². The van der Waals surface area contributed by atoms with Crippen LogP contribution in [0.3, 0.4) is 0 Å². The monoisotopic (exact) mass is 571 g/mol. The second-order valence-electron chi connectivity index (χ2n) is 7.69. The number of methoxy groups -OCH3 is 2. The predicted octanol–water partition coefficient (Wildman–Crippen LogP) is 4.13. The van der Waals surface area contributed by atoms with Gasteiger partial charge < -0.3 is 34.7 Å². The smallest absolute Gasteiger partial charge is 0.338 e. The number of amides is 1. The van der Waals surface area contributed by atoms with Crippen LogP contribution in [0.15, 0.2) is 63.7 Å². The number of hydrogen-bond acceptors (Lipinski definition) is 9. The first-order valence-corrected chi connectivity index (χ1v) is 11.9. The molecule has 0 bridgehead atoms. The van der Waals surface area contributed by atoms with Gasteiger partial charge >= 0.3 is 5.97 Å². The van der Waals surface area contributed by atoms with Crippen LogP contribution in [0.25, 0.3) is 0 Å². The minimum atomic E-state index is -0.870. The molecule has 0 aromatic heterocycles. The van der Waals surface area contributed by atoms with Crippen LogP contribution < -0.4 is 25.3 Å². The van der Waals surface area contributed by atoms with Gasteiger partial charge in [0.1, 0.15) is 23.2 Å². The molecule has 1 atom stereocenters. The van der Waals surface area contributed by atoms with Crippen molar-refractivity contribution in [2.24, 2.45) is 5.73 Å². The number of rotatable bonds is 9. The number of carbonyl (C=O) groups is 2. The molecule has 0 saturated carbocycles. The first-order valence-electron chi connectivity index (χ1n) is 11.1. The third-order valence-electron chi connectivity index (χ3n) is 5.41. The molecule has 11 heteroatoms. The standard InChI is InChI=1S/C26H26BrN3O7/c1-5-35-26(32)22-14(2)37-25(29)16(12-28)23(22)15-10-17(27)24(20(11-15)34-4)36-13-21(31)30-18-8-6-7-9-19(18)33-3/h6-11,23H,5,13,29H2,1-4H3,(H,30,31). The van der Waals surface area contributed by atoms with Gasteiger partial charge in [-0.25, -0.2) is 4.79 Å². The molecule has 1 amide bonds. The minimum Gasteiger partial charge on any atom is -0.495 e. The van der Waals surface area contributed by atoms with Crippen molar-refractivity contribution in [2.75, 3.05) is 32.8 Å². The van der Waals surface area contributed by atoms with Crippen molar-refractivity contribution in [3.63, 3.8) is 0 Å². The summed E-state index contributed by atoms with van der Waals surface area (Å²) in [5, 5.41) is 12.5. The Balaban J connectivity index is 1.92. The predicted molar refractivity (Wildman–Crippen MR) is 138 cm³/mol. The lowest BCUT2D eigenvalue weighted by Gasteiger charge is -2.27. The number of benzene rings is 2. The highest BCUT2D eigenvalue weighted by molar-refractivity contribution is 9.10. The zero-order valence-electron chi connectivity index (χ0n) is 20.7. The summed E-state index contributed by atoms with van der Waals surface area (Å²) in [7, 11) is 2.94. The molecule has 3 rings (SSSR count). The number of para-hydroxylation sites is 2. The Kier molecular flexibility index (Phi) is 9.03. The summed E-state index contributed by atoms with van der Waals surface area (Å²) < 4.78 is 27.6. The Bertz CT molecular complexity index is 1310. The van der Waals surface area contributed by atoms with Crippen LogP contribution in [0, 0.1) is 11.3 Å². The average molecular weight is 572 g/mol. The van der Waals surface area contributed by atoms with E-state index in [1.54, 1.807) is 50.2 Å². The third-order valence-corrected chi connectivity index (χ3v) is 6.00. The van der Waals surface area contributed by atoms with Crippen molar-refractivity contribution in [1.29, 1.82) is 5.26 Å². The summed E-state index contributed by atoms with van der Waals surface area (Å²) in [6.45, 7) is 3.06. The van der Waals surface area contributed by atoms with Gasteiger partial charge in [0.05, 0.1) is 42.5 Å². The summed E-state index contributed by atoms with van der Waals surface area (Å²) in [6, 6.07) is 12.3. The van der Waals surface area contributed by atoms with Gasteiger partial charge in [-0.15, -0.1) is 0 Å². The van der Waals surface area contributed by atoms with Gasteiger partial charge in [0.2, 0.25) is 5.88 Å². The van der Waals surface area contributed by atoms with E-state index in [4.69, 9.17) is 29.4 Å². The zero-order chi connectivity index (χ0) is 27.1. The minimum absolute atomic E-state index is 0.0486. The van der Waals surface area contributed by atoms with Crippen LogP contribution >= 0.6 is 15.9 Å². The number of ether oxygens (including phenoxy) is 5. The van der Waals surface area contributed by atoms with Crippen molar-refractivity contribution in [1.82, 2.24) is 0 Å². The van der Waals surface area contributed by atoms with Gasteiger partial charge in [-0.2, -0.15) is 5.26 Å². The Morgan fingerprint density at radius 3 is 2.54 bits per heavy atom. The van der Waals surface area contributed by atoms with E-state index in [-0.39, 0.29) is 47.5 Å². The topological polar surface area (TPSA) is 142 Å². The van der Waals surface area contributed by atoms with Gasteiger partial charge in [-0.05, 0) is 59.6 Å². The van der Waals surface area contributed by atoms with E-state index in [1.807, 2.05) is 6.07 Å². The highest BCUT2D eigenvalue weighted by Gasteiger charge is 2.37. The molecular formula is C26H26BrN3O7. The quantitative estimate of drug-likeness (QED) is 0.424. The number of allylic oxidation sites excluding steroid dienone is 2. The van der Waals surface area contributed by atoms with Crippen molar-refractivity contribution >= 4 is 33.5 Å². The van der Waals surface area contributed by atoms with E-state index in [2.05, 4.69) is 21.2 Å². The summed E-state index contributed by atoms with van der Waals surface area (Å²) in [4.78, 5) is 25.3. The second kappa shape index (κ2) is 12.2. The first-order chi connectivity index (χ1) is 17.7. The normalized spacial score (nSPS) is 14.9. The molecule has 2 aromatic carbocycles. The molecule has 0 saturated heterocycles. The third kappa shape index (κ3) is 5.98. The van der Waals surface area contributed by atoms with Gasteiger partial charge in [0, 0.05) is 0 Å². The lowest BCUT2D eigenvalue weighted by atomic mass is 9.83. The summed E-state index contributed by atoms with van der Waals surface area (Å²) in [6.07, 6.45) is 0. The molecule has 1 aliphatic rings. The maximum absolute atomic E-state index is 12.8. The molecular weight excluding hydrogens is 546 g/mol. The molecule has 2 aromatic rings. The number of anilines is 1. The molecule has 37 heavy (non-hydrogen) atoms. The number of halogens is 1. The number of nitrogens with zero attached hydrogens (tertiary/aromatic N) is 1. The number of nitrogens with two attached hydrogens (primary N) is 1. The van der Waals surface area contributed by atoms with Crippen molar-refractivity contribution in [3.8, 4) is 23.3 Å². The number of nitriles is 1. The van der Waals surface area contributed by atoms with Gasteiger partial charge in [-0.3, -0.25) is 4.79 Å². The molecule has 0 fully saturated rings. The largest absolute Gasteiger partial charge is 0.495 e. The van der Waals surface area contributed by atoms with E-state index in [1.165, 1.54) is 14.2 Å². The number of carbonyl (C=O) groups excluding carboxylic acids is 2. The van der Waals surface area contributed by atoms with E-state index < -0.39 is 17.8 Å². The molecule has 3 N–H and O–H groups in total. The fourth-order valence-corrected chi connectivity index (χ4v) is 4.38. The van der Waals surface area contributed by atoms with E-state index in [0.717, 1.165) is 0 Å². The molecule has 194 valence electrons. The molecule has 0 aliphatic carbocycles. The van der Waals surface area contributed by atoms with Gasteiger partial charge in [-0.1, -0.05) is 12.1 Å². The van der Waals surface area contributed by atoms with Crippen LogP contribution in [0.2, 0.25) is 0 Å². The van der Waals surface area contributed by atoms with Crippen LogP contribution in [0.1, 0.15) is 25.3 Å². The van der Waals surface area contributed by atoms with Crippen LogP contribution in [-0.2, 0) is 19.1 Å². The Hall–Kier alpha value is -4.17. The maximum Gasteiger partial charge on any atom is 0.338 e. The Morgan fingerprint density at radius 1 is 1.19 bits per heavy atom. The Labute approximate surface area is 222 Å². The molecule has 1 unspecified atom stereocenters. The molecule has 0 spiro atoms. The fraction of sp³-hybridized carbons (Fsp3) is 0.269. The Morgan fingerprint density at radius 2 is 1.89 bits per heavy atom. The summed E-state index contributed by atoms with van der Waals surface area (Å²) in [5.41, 5.74) is 7.17. The van der Waals surface area contributed by atoms with E-state index in [0.29, 0.717) is 21.5 Å². The molecule has 0 radical (unpaired) electrons. The second-order valence-corrected chi connectivity index (χ2v) is 8.54. The summed E-state index contributed by atoms with van der Waals surface area (Å²) >= 11 is 3.45. The van der Waals surface area contributed by atoms with Crippen molar-refractivity contribution in [3.05, 3.63) is 69.2 Å². The average Bonchev–Trinajstić information content (AvgIpc) is 2.87. The first kappa shape index (κ1) is 27.4. The SMILES string of the molecule is CCOC(=O)C1=C(C)OC(N)=C(C#N)C1c1cc(Br)c(OCC(=O)Nc2ccccc2OC)c(OC)c1. The number of esters is 1. The number of nitrogens with one attached hydrogen (secondary N) is 1. The lowest BCUT2D eigenvalue weighted by molar-refractivity contribution is -0.139. The van der Waals surface area contributed by atoms with Crippen LogP contribution in [0.5, 0.6) is 17.2 Å². The van der Waals surface area contributed by atoms with Crippen molar-refractivity contribution in [2.45, 2.75) is 19.8 Å². The molecule has 10 nitrogen and oxygen atoms in total. The van der Waals surface area contributed by atoms with E-state index in [9.17, 15) is 14.9 Å². The molecule has 1 heterocycles. The summed E-state index contributed by atoms with van der Waals surface area (Å²) in [5.74, 6) is -0.779. The zero-order valence-corrected chi connectivity index (χ0v) is 22.3. The van der Waals surface area contributed by atoms with E-state index >= 15 is 0 Å². The van der Waals surface area contributed by atoms with Crippen LogP contribution in [-0.4, -0.2) is 39.3 Å². The van der Waals surface area contributed by atoms with Gasteiger partial charge in [0.25, 0.3) is 5.91 Å². The highest BCUT2D eigenvalue weighted by Crippen LogP contribution is 2.45. The number of hydrogen-bond donors (Lipinski definition) is 2.